The molecule has 6 heteroatoms. The van der Waals surface area contributed by atoms with E-state index in [-0.39, 0.29) is 12.3 Å². The molecule has 30 heavy (non-hydrogen) atoms. The Labute approximate surface area is 175 Å². The maximum absolute atomic E-state index is 6.42. The number of fused-ring (bicyclic) bond motifs is 3. The van der Waals surface area contributed by atoms with Crippen molar-refractivity contribution in [2.45, 2.75) is 25.6 Å². The molecule has 0 unspecified atom stereocenters. The Kier molecular flexibility index (Phi) is 4.75. The summed E-state index contributed by atoms with van der Waals surface area (Å²) in [6, 6.07) is 18.1. The summed E-state index contributed by atoms with van der Waals surface area (Å²) >= 11 is 0. The van der Waals surface area contributed by atoms with Gasteiger partial charge < -0.3 is 14.2 Å². The molecule has 2 atom stereocenters. The van der Waals surface area contributed by atoms with E-state index in [4.69, 9.17) is 19.3 Å². The second kappa shape index (κ2) is 7.71. The molecule has 5 rings (SSSR count). The Hall–Kier alpha value is -3.54. The number of benzene rings is 2. The second-order valence-electron chi connectivity index (χ2n) is 7.24. The Bertz CT molecular complexity index is 1070. The third-order valence-corrected chi connectivity index (χ3v) is 5.47. The Balaban J connectivity index is 1.55. The van der Waals surface area contributed by atoms with E-state index in [9.17, 15) is 0 Å². The smallest absolute Gasteiger partial charge is 0.215 e. The number of aromatic nitrogens is 1. The van der Waals surface area contributed by atoms with E-state index in [0.29, 0.717) is 6.61 Å². The van der Waals surface area contributed by atoms with Gasteiger partial charge in [-0.2, -0.15) is 5.10 Å². The molecular formula is C24H23N3O3. The third-order valence-electron chi connectivity index (χ3n) is 5.47. The van der Waals surface area contributed by atoms with Gasteiger partial charge in [0.1, 0.15) is 5.75 Å². The minimum absolute atomic E-state index is 0.0654. The summed E-state index contributed by atoms with van der Waals surface area (Å²) in [6.07, 6.45) is 4.00. The van der Waals surface area contributed by atoms with Crippen molar-refractivity contribution in [2.24, 2.45) is 5.10 Å². The van der Waals surface area contributed by atoms with Crippen LogP contribution in [0.4, 0.5) is 0 Å². The molecule has 0 aliphatic carbocycles. The monoisotopic (exact) mass is 401 g/mol. The fourth-order valence-corrected chi connectivity index (χ4v) is 4.07. The summed E-state index contributed by atoms with van der Waals surface area (Å²) in [5, 5.41) is 7.03. The molecule has 0 spiro atoms. The highest BCUT2D eigenvalue weighted by molar-refractivity contribution is 6.02. The van der Waals surface area contributed by atoms with Crippen molar-refractivity contribution >= 4 is 5.71 Å². The zero-order valence-electron chi connectivity index (χ0n) is 17.0. The zero-order valence-corrected chi connectivity index (χ0v) is 17.0. The van der Waals surface area contributed by atoms with Crippen LogP contribution in [-0.2, 0) is 0 Å². The van der Waals surface area contributed by atoms with Crippen molar-refractivity contribution in [3.8, 4) is 17.2 Å². The van der Waals surface area contributed by atoms with Crippen LogP contribution in [0.5, 0.6) is 17.2 Å². The molecule has 0 amide bonds. The Morgan fingerprint density at radius 1 is 1.10 bits per heavy atom. The number of para-hydroxylation sites is 1. The maximum atomic E-state index is 6.42. The van der Waals surface area contributed by atoms with Gasteiger partial charge in [-0.15, -0.1) is 0 Å². The van der Waals surface area contributed by atoms with Gasteiger partial charge >= 0.3 is 0 Å². The van der Waals surface area contributed by atoms with E-state index in [1.54, 1.807) is 13.3 Å². The first kappa shape index (κ1) is 18.5. The van der Waals surface area contributed by atoms with Crippen LogP contribution in [0.2, 0.25) is 0 Å². The first-order chi connectivity index (χ1) is 14.8. The van der Waals surface area contributed by atoms with Crippen molar-refractivity contribution in [2.75, 3.05) is 13.7 Å². The number of hydrazone groups is 1. The maximum Gasteiger partial charge on any atom is 0.215 e. The number of pyridine rings is 1. The highest BCUT2D eigenvalue weighted by Crippen LogP contribution is 2.50. The Morgan fingerprint density at radius 3 is 2.70 bits per heavy atom. The topological polar surface area (TPSA) is 56.2 Å². The lowest BCUT2D eigenvalue weighted by atomic mass is 9.95. The van der Waals surface area contributed by atoms with Crippen molar-refractivity contribution in [1.29, 1.82) is 0 Å². The molecule has 0 N–H and O–H groups in total. The van der Waals surface area contributed by atoms with E-state index < -0.39 is 0 Å². The van der Waals surface area contributed by atoms with Crippen LogP contribution in [0.3, 0.4) is 0 Å². The number of ether oxygens (including phenoxy) is 3. The molecule has 152 valence electrons. The van der Waals surface area contributed by atoms with Crippen molar-refractivity contribution in [3.63, 3.8) is 0 Å². The molecule has 0 bridgehead atoms. The van der Waals surface area contributed by atoms with Gasteiger partial charge in [-0.1, -0.05) is 18.2 Å². The van der Waals surface area contributed by atoms with Gasteiger partial charge in [-0.3, -0.25) is 4.98 Å². The van der Waals surface area contributed by atoms with Crippen LogP contribution in [0.15, 0.2) is 72.1 Å². The van der Waals surface area contributed by atoms with E-state index in [2.05, 4.69) is 23.2 Å². The summed E-state index contributed by atoms with van der Waals surface area (Å²) in [5.41, 5.74) is 4.15. The molecule has 6 nitrogen and oxygen atoms in total. The van der Waals surface area contributed by atoms with Crippen LogP contribution in [0.25, 0.3) is 0 Å². The van der Waals surface area contributed by atoms with Gasteiger partial charge in [0.05, 0.1) is 25.5 Å². The number of hydrogen-bond donors (Lipinski definition) is 0. The summed E-state index contributed by atoms with van der Waals surface area (Å²) in [7, 11) is 1.67. The van der Waals surface area contributed by atoms with Crippen molar-refractivity contribution in [1.82, 2.24) is 9.99 Å². The van der Waals surface area contributed by atoms with Crippen LogP contribution in [-0.4, -0.2) is 29.4 Å². The minimum atomic E-state index is -0.368. The average molecular weight is 401 g/mol. The highest BCUT2D eigenvalue weighted by atomic mass is 16.5. The number of hydrogen-bond acceptors (Lipinski definition) is 6. The molecule has 2 aliphatic rings. The molecule has 3 heterocycles. The van der Waals surface area contributed by atoms with Crippen LogP contribution in [0, 0.1) is 0 Å². The number of rotatable bonds is 5. The summed E-state index contributed by atoms with van der Waals surface area (Å²) in [4.78, 5) is 4.28. The van der Waals surface area contributed by atoms with Crippen molar-refractivity contribution in [3.05, 3.63) is 83.7 Å². The van der Waals surface area contributed by atoms with E-state index in [1.165, 1.54) is 0 Å². The lowest BCUT2D eigenvalue weighted by Crippen LogP contribution is -2.33. The summed E-state index contributed by atoms with van der Waals surface area (Å²) in [6.45, 7) is 2.64. The largest absolute Gasteiger partial charge is 0.494 e. The summed E-state index contributed by atoms with van der Waals surface area (Å²) < 4.78 is 17.6. The Morgan fingerprint density at radius 2 is 1.97 bits per heavy atom. The molecule has 0 saturated carbocycles. The van der Waals surface area contributed by atoms with Gasteiger partial charge in [0.2, 0.25) is 6.23 Å². The van der Waals surface area contributed by atoms with Gasteiger partial charge in [0, 0.05) is 29.9 Å². The first-order valence-electron chi connectivity index (χ1n) is 10.1. The second-order valence-corrected chi connectivity index (χ2v) is 7.24. The fraction of sp³-hybridized carbons (Fsp3) is 0.250. The molecule has 0 fully saturated rings. The third kappa shape index (κ3) is 3.14. The van der Waals surface area contributed by atoms with Gasteiger partial charge in [-0.25, -0.2) is 5.01 Å². The summed E-state index contributed by atoms with van der Waals surface area (Å²) in [5.74, 6) is 2.37. The van der Waals surface area contributed by atoms with E-state index >= 15 is 0 Å². The van der Waals surface area contributed by atoms with Crippen molar-refractivity contribution < 1.29 is 14.2 Å². The number of methoxy groups -OCH3 is 1. The fourth-order valence-electron chi connectivity index (χ4n) is 4.07. The van der Waals surface area contributed by atoms with Crippen LogP contribution in [0.1, 0.15) is 42.3 Å². The lowest BCUT2D eigenvalue weighted by molar-refractivity contribution is -0.0211. The van der Waals surface area contributed by atoms with Crippen LogP contribution < -0.4 is 14.2 Å². The molecule has 1 aromatic heterocycles. The standard InChI is InChI=1S/C24H23N3O3/c1-3-29-18-11-9-16(10-12-18)20-14-21-19-7-4-8-22(28-2)23(19)30-24(27(21)26-20)17-6-5-13-25-15-17/h4-13,15,21,24H,3,14H2,1-2H3/t21-,24+/m1/s1. The normalized spacial score (nSPS) is 19.4. The van der Waals surface area contributed by atoms with E-state index in [0.717, 1.165) is 46.1 Å². The molecule has 3 aromatic rings. The number of nitrogens with zero attached hydrogens (tertiary/aromatic N) is 3. The molecule has 0 saturated heterocycles. The first-order valence-corrected chi connectivity index (χ1v) is 10.1. The predicted molar refractivity (Wildman–Crippen MR) is 114 cm³/mol. The van der Waals surface area contributed by atoms with Gasteiger partial charge in [0.15, 0.2) is 11.5 Å². The van der Waals surface area contributed by atoms with Crippen LogP contribution >= 0.6 is 0 Å². The minimum Gasteiger partial charge on any atom is -0.494 e. The zero-order chi connectivity index (χ0) is 20.5. The molecule has 0 radical (unpaired) electrons. The lowest BCUT2D eigenvalue weighted by Gasteiger charge is -2.38. The molecular weight excluding hydrogens is 378 g/mol. The quantitative estimate of drug-likeness (QED) is 0.619. The average Bonchev–Trinajstić information content (AvgIpc) is 3.25. The SMILES string of the molecule is CCOc1ccc(C2=NN3[C@H](C2)c2cccc(OC)c2O[C@H]3c2cccnc2)cc1. The van der Waals surface area contributed by atoms with E-state index in [1.807, 2.05) is 54.5 Å². The van der Waals surface area contributed by atoms with Gasteiger partial charge in [0.25, 0.3) is 0 Å². The highest BCUT2D eigenvalue weighted by Gasteiger charge is 2.42. The predicted octanol–water partition coefficient (Wildman–Crippen LogP) is 4.73. The van der Waals surface area contributed by atoms with Gasteiger partial charge in [-0.05, 0) is 48.9 Å². The molecule has 2 aromatic carbocycles. The molecule has 2 aliphatic heterocycles.